The molecule has 0 aliphatic heterocycles. The summed E-state index contributed by atoms with van der Waals surface area (Å²) in [6.45, 7) is 3.74. The van der Waals surface area contributed by atoms with Crippen LogP contribution in [-0.2, 0) is 6.54 Å². The zero-order valence-electron chi connectivity index (χ0n) is 7.76. The van der Waals surface area contributed by atoms with Crippen molar-refractivity contribution < 1.29 is 0 Å². The molecular formula is C10H15BrN2. The Balaban J connectivity index is 2.33. The molecule has 0 heterocycles. The summed E-state index contributed by atoms with van der Waals surface area (Å²) in [5, 5.41) is 3.28. The van der Waals surface area contributed by atoms with E-state index in [0.29, 0.717) is 0 Å². The standard InChI is InChI=1S/C10H15BrN2/c1-8(12)6-13-7-9-2-4-10(11)5-3-9/h2-5,8,13H,6-7,12H2,1H3. The van der Waals surface area contributed by atoms with Gasteiger partial charge in [0.1, 0.15) is 0 Å². The molecule has 0 aliphatic rings. The summed E-state index contributed by atoms with van der Waals surface area (Å²) in [7, 11) is 0. The van der Waals surface area contributed by atoms with Crippen LogP contribution in [-0.4, -0.2) is 12.6 Å². The predicted molar refractivity (Wildman–Crippen MR) is 59.5 cm³/mol. The van der Waals surface area contributed by atoms with Crippen molar-refractivity contribution in [2.75, 3.05) is 6.54 Å². The Kier molecular flexibility index (Phi) is 4.42. The molecule has 3 heteroatoms. The highest BCUT2D eigenvalue weighted by Gasteiger charge is 1.94. The van der Waals surface area contributed by atoms with Crippen LogP contribution in [0.1, 0.15) is 12.5 Å². The zero-order chi connectivity index (χ0) is 9.68. The number of hydrogen-bond acceptors (Lipinski definition) is 2. The second kappa shape index (κ2) is 5.37. The van der Waals surface area contributed by atoms with E-state index in [4.69, 9.17) is 5.73 Å². The lowest BCUT2D eigenvalue weighted by atomic mass is 10.2. The summed E-state index contributed by atoms with van der Waals surface area (Å²) in [5.74, 6) is 0. The molecule has 0 aliphatic carbocycles. The van der Waals surface area contributed by atoms with E-state index in [0.717, 1.165) is 17.6 Å². The van der Waals surface area contributed by atoms with Gasteiger partial charge in [-0.2, -0.15) is 0 Å². The number of benzene rings is 1. The molecule has 1 aromatic rings. The largest absolute Gasteiger partial charge is 0.327 e. The van der Waals surface area contributed by atoms with Crippen LogP contribution in [0, 0.1) is 0 Å². The minimum absolute atomic E-state index is 0.218. The third kappa shape index (κ3) is 4.41. The zero-order valence-corrected chi connectivity index (χ0v) is 9.34. The lowest BCUT2D eigenvalue weighted by molar-refractivity contribution is 0.608. The molecule has 1 atom stereocenters. The lowest BCUT2D eigenvalue weighted by Crippen LogP contribution is -2.30. The Morgan fingerprint density at radius 3 is 2.54 bits per heavy atom. The minimum atomic E-state index is 0.218. The molecule has 0 spiro atoms. The van der Waals surface area contributed by atoms with Crippen LogP contribution in [0.4, 0.5) is 0 Å². The SMILES string of the molecule is CC(N)CNCc1ccc(Br)cc1. The van der Waals surface area contributed by atoms with Crippen LogP contribution in [0.3, 0.4) is 0 Å². The van der Waals surface area contributed by atoms with Gasteiger partial charge in [0.05, 0.1) is 0 Å². The van der Waals surface area contributed by atoms with Crippen LogP contribution >= 0.6 is 15.9 Å². The summed E-state index contributed by atoms with van der Waals surface area (Å²) < 4.78 is 1.11. The topological polar surface area (TPSA) is 38.0 Å². The first-order chi connectivity index (χ1) is 6.18. The van der Waals surface area contributed by atoms with Gasteiger partial charge in [0.2, 0.25) is 0 Å². The summed E-state index contributed by atoms with van der Waals surface area (Å²) >= 11 is 3.40. The summed E-state index contributed by atoms with van der Waals surface area (Å²) in [5.41, 5.74) is 6.89. The Hall–Kier alpha value is -0.380. The smallest absolute Gasteiger partial charge is 0.0206 e. The molecule has 0 saturated heterocycles. The fourth-order valence-corrected chi connectivity index (χ4v) is 1.31. The van der Waals surface area contributed by atoms with E-state index in [2.05, 4.69) is 33.4 Å². The van der Waals surface area contributed by atoms with Crippen molar-refractivity contribution in [3.05, 3.63) is 34.3 Å². The maximum Gasteiger partial charge on any atom is 0.0206 e. The molecule has 0 bridgehead atoms. The Morgan fingerprint density at radius 1 is 1.38 bits per heavy atom. The first-order valence-corrected chi connectivity index (χ1v) is 5.18. The van der Waals surface area contributed by atoms with E-state index in [9.17, 15) is 0 Å². The molecule has 0 saturated carbocycles. The second-order valence-electron chi connectivity index (χ2n) is 3.23. The van der Waals surface area contributed by atoms with Crippen molar-refractivity contribution >= 4 is 15.9 Å². The molecule has 1 rings (SSSR count). The highest BCUT2D eigenvalue weighted by Crippen LogP contribution is 2.09. The highest BCUT2D eigenvalue weighted by atomic mass is 79.9. The average molecular weight is 243 g/mol. The van der Waals surface area contributed by atoms with Crippen molar-refractivity contribution in [3.63, 3.8) is 0 Å². The van der Waals surface area contributed by atoms with Gasteiger partial charge in [-0.15, -0.1) is 0 Å². The molecule has 0 aromatic heterocycles. The molecule has 1 unspecified atom stereocenters. The average Bonchev–Trinajstić information content (AvgIpc) is 2.08. The van der Waals surface area contributed by atoms with Crippen LogP contribution in [0.5, 0.6) is 0 Å². The molecular weight excluding hydrogens is 228 g/mol. The third-order valence-corrected chi connectivity index (χ3v) is 2.24. The molecule has 1 aromatic carbocycles. The van der Waals surface area contributed by atoms with E-state index < -0.39 is 0 Å². The molecule has 0 fully saturated rings. The van der Waals surface area contributed by atoms with Gasteiger partial charge in [0, 0.05) is 23.6 Å². The van der Waals surface area contributed by atoms with Crippen LogP contribution in [0.2, 0.25) is 0 Å². The van der Waals surface area contributed by atoms with Gasteiger partial charge in [-0.3, -0.25) is 0 Å². The lowest BCUT2D eigenvalue weighted by Gasteiger charge is -2.07. The normalized spacial score (nSPS) is 12.8. The van der Waals surface area contributed by atoms with E-state index in [-0.39, 0.29) is 6.04 Å². The Morgan fingerprint density at radius 2 is 2.00 bits per heavy atom. The fourth-order valence-electron chi connectivity index (χ4n) is 1.05. The van der Waals surface area contributed by atoms with Crippen molar-refractivity contribution in [1.82, 2.24) is 5.32 Å². The van der Waals surface area contributed by atoms with E-state index in [1.165, 1.54) is 5.56 Å². The van der Waals surface area contributed by atoms with Gasteiger partial charge in [-0.05, 0) is 24.6 Å². The maximum absolute atomic E-state index is 5.61. The van der Waals surface area contributed by atoms with E-state index in [1.54, 1.807) is 0 Å². The maximum atomic E-state index is 5.61. The molecule has 2 nitrogen and oxygen atoms in total. The van der Waals surface area contributed by atoms with Gasteiger partial charge in [-0.1, -0.05) is 28.1 Å². The number of halogens is 1. The number of hydrogen-bond donors (Lipinski definition) is 2. The van der Waals surface area contributed by atoms with Crippen LogP contribution in [0.15, 0.2) is 28.7 Å². The predicted octanol–water partition coefficient (Wildman–Crippen LogP) is 1.89. The van der Waals surface area contributed by atoms with Crippen LogP contribution < -0.4 is 11.1 Å². The first-order valence-electron chi connectivity index (χ1n) is 4.39. The molecule has 0 radical (unpaired) electrons. The quantitative estimate of drug-likeness (QED) is 0.847. The van der Waals surface area contributed by atoms with Crippen molar-refractivity contribution in [2.45, 2.75) is 19.5 Å². The number of rotatable bonds is 4. The third-order valence-electron chi connectivity index (χ3n) is 1.71. The van der Waals surface area contributed by atoms with E-state index >= 15 is 0 Å². The summed E-state index contributed by atoms with van der Waals surface area (Å²) in [6.07, 6.45) is 0. The summed E-state index contributed by atoms with van der Waals surface area (Å²) in [6, 6.07) is 8.50. The Bertz CT molecular complexity index is 244. The number of nitrogens with two attached hydrogens (primary N) is 1. The molecule has 72 valence electrons. The fraction of sp³-hybridized carbons (Fsp3) is 0.400. The van der Waals surface area contributed by atoms with Gasteiger partial charge in [0.15, 0.2) is 0 Å². The van der Waals surface area contributed by atoms with Gasteiger partial charge in [-0.25, -0.2) is 0 Å². The molecule has 3 N–H and O–H groups in total. The second-order valence-corrected chi connectivity index (χ2v) is 4.15. The molecule has 0 amide bonds. The minimum Gasteiger partial charge on any atom is -0.327 e. The molecule has 13 heavy (non-hydrogen) atoms. The monoisotopic (exact) mass is 242 g/mol. The van der Waals surface area contributed by atoms with Gasteiger partial charge < -0.3 is 11.1 Å². The van der Waals surface area contributed by atoms with Gasteiger partial charge >= 0.3 is 0 Å². The van der Waals surface area contributed by atoms with Crippen molar-refractivity contribution in [3.8, 4) is 0 Å². The number of nitrogens with one attached hydrogen (secondary N) is 1. The highest BCUT2D eigenvalue weighted by molar-refractivity contribution is 9.10. The first kappa shape index (κ1) is 10.7. The van der Waals surface area contributed by atoms with E-state index in [1.807, 2.05) is 19.1 Å². The van der Waals surface area contributed by atoms with Crippen molar-refractivity contribution in [1.29, 1.82) is 0 Å². The van der Waals surface area contributed by atoms with Crippen LogP contribution in [0.25, 0.3) is 0 Å². The van der Waals surface area contributed by atoms with Crippen molar-refractivity contribution in [2.24, 2.45) is 5.73 Å². The summed E-state index contributed by atoms with van der Waals surface area (Å²) in [4.78, 5) is 0. The van der Waals surface area contributed by atoms with Gasteiger partial charge in [0.25, 0.3) is 0 Å². The Labute approximate surface area is 87.6 Å².